The topological polar surface area (TPSA) is 93.8 Å². The molecule has 1 unspecified atom stereocenters. The number of benzene rings is 3. The van der Waals surface area contributed by atoms with E-state index in [1.54, 1.807) is 21.6 Å². The number of nitrogens with zero attached hydrogens (tertiary/aromatic N) is 2. The molecular formula is C29H33N5O3S. The predicted octanol–water partition coefficient (Wildman–Crippen LogP) is 4.20. The Bertz CT molecular complexity index is 1200. The molecule has 5 amide bonds. The van der Waals surface area contributed by atoms with Crippen molar-refractivity contribution in [3.63, 3.8) is 0 Å². The minimum atomic E-state index is -0.735. The molecule has 0 aliphatic carbocycles. The number of piperazine rings is 1. The highest BCUT2D eigenvalue weighted by atomic mass is 32.2. The molecule has 3 aromatic rings. The number of hydrogen-bond donors (Lipinski definition) is 3. The smallest absolute Gasteiger partial charge is 0.319 e. The van der Waals surface area contributed by atoms with E-state index in [9.17, 15) is 14.4 Å². The third-order valence-corrected chi connectivity index (χ3v) is 7.14. The summed E-state index contributed by atoms with van der Waals surface area (Å²) >= 11 is 1.62. The molecule has 9 heteroatoms. The van der Waals surface area contributed by atoms with Crippen LogP contribution in [-0.4, -0.2) is 66.2 Å². The summed E-state index contributed by atoms with van der Waals surface area (Å²) in [4.78, 5) is 43.5. The summed E-state index contributed by atoms with van der Waals surface area (Å²) in [6.07, 6.45) is 2.36. The van der Waals surface area contributed by atoms with Gasteiger partial charge in [0.2, 0.25) is 5.91 Å². The van der Waals surface area contributed by atoms with Gasteiger partial charge in [0.05, 0.1) is 0 Å². The van der Waals surface area contributed by atoms with Crippen LogP contribution in [-0.2, 0) is 17.8 Å². The lowest BCUT2D eigenvalue weighted by Gasteiger charge is -2.36. The Balaban J connectivity index is 1.34. The van der Waals surface area contributed by atoms with Gasteiger partial charge in [0.1, 0.15) is 6.04 Å². The summed E-state index contributed by atoms with van der Waals surface area (Å²) in [5.74, 6) is -0.161. The van der Waals surface area contributed by atoms with Crippen LogP contribution >= 0.6 is 11.8 Å². The summed E-state index contributed by atoms with van der Waals surface area (Å²) in [5, 5.41) is 8.64. The van der Waals surface area contributed by atoms with Gasteiger partial charge in [-0.15, -0.1) is 11.8 Å². The van der Waals surface area contributed by atoms with Gasteiger partial charge in [-0.1, -0.05) is 60.7 Å². The Kier molecular flexibility index (Phi) is 9.64. The summed E-state index contributed by atoms with van der Waals surface area (Å²) in [5.41, 5.74) is 2.64. The third-order valence-electron chi connectivity index (χ3n) is 6.40. The van der Waals surface area contributed by atoms with Gasteiger partial charge in [-0.05, 0) is 41.6 Å². The van der Waals surface area contributed by atoms with Crippen molar-refractivity contribution in [2.24, 2.45) is 0 Å². The van der Waals surface area contributed by atoms with Crippen LogP contribution in [0.1, 0.15) is 11.1 Å². The molecule has 1 aliphatic rings. The average Bonchev–Trinajstić information content (AvgIpc) is 2.96. The zero-order valence-electron chi connectivity index (χ0n) is 21.4. The largest absolute Gasteiger partial charge is 0.337 e. The van der Waals surface area contributed by atoms with Crippen LogP contribution in [0.4, 0.5) is 15.3 Å². The molecule has 0 bridgehead atoms. The number of urea groups is 2. The second-order valence-corrected chi connectivity index (χ2v) is 9.91. The fourth-order valence-corrected chi connectivity index (χ4v) is 4.69. The molecule has 1 heterocycles. The lowest BCUT2D eigenvalue weighted by molar-refractivity contribution is -0.134. The van der Waals surface area contributed by atoms with Crippen molar-refractivity contribution in [3.8, 4) is 0 Å². The molecule has 0 radical (unpaired) electrons. The quantitative estimate of drug-likeness (QED) is 0.380. The summed E-state index contributed by atoms with van der Waals surface area (Å²) in [6, 6.07) is 25.6. The molecule has 198 valence electrons. The highest BCUT2D eigenvalue weighted by Gasteiger charge is 2.30. The van der Waals surface area contributed by atoms with Gasteiger partial charge in [-0.3, -0.25) is 4.79 Å². The van der Waals surface area contributed by atoms with Crippen LogP contribution in [0.5, 0.6) is 0 Å². The lowest BCUT2D eigenvalue weighted by Crippen LogP contribution is -2.57. The van der Waals surface area contributed by atoms with E-state index in [1.807, 2.05) is 91.2 Å². The van der Waals surface area contributed by atoms with Crippen LogP contribution in [0.3, 0.4) is 0 Å². The molecule has 1 fully saturated rings. The molecule has 1 saturated heterocycles. The molecule has 4 rings (SSSR count). The molecule has 8 nitrogen and oxygen atoms in total. The molecule has 1 atom stereocenters. The molecule has 1 aliphatic heterocycles. The van der Waals surface area contributed by atoms with E-state index >= 15 is 0 Å². The van der Waals surface area contributed by atoms with E-state index in [2.05, 4.69) is 16.0 Å². The Morgan fingerprint density at radius 1 is 0.789 bits per heavy atom. The van der Waals surface area contributed by atoms with Crippen molar-refractivity contribution >= 4 is 35.4 Å². The molecule has 3 aromatic carbocycles. The summed E-state index contributed by atoms with van der Waals surface area (Å²) < 4.78 is 0. The van der Waals surface area contributed by atoms with E-state index < -0.39 is 12.1 Å². The SMILES string of the molecule is CSc1ccc(NC(=O)NC(Cc2ccccc2)C(=O)N2CCN(C(=O)NCc3ccccc3)CC2)cc1. The van der Waals surface area contributed by atoms with E-state index in [1.165, 1.54) is 0 Å². The lowest BCUT2D eigenvalue weighted by atomic mass is 10.0. The van der Waals surface area contributed by atoms with Crippen LogP contribution in [0.2, 0.25) is 0 Å². The third kappa shape index (κ3) is 7.76. The fourth-order valence-electron chi connectivity index (χ4n) is 4.29. The van der Waals surface area contributed by atoms with E-state index in [4.69, 9.17) is 0 Å². The van der Waals surface area contributed by atoms with Gasteiger partial charge in [-0.25, -0.2) is 9.59 Å². The number of hydrogen-bond acceptors (Lipinski definition) is 4. The number of carbonyl (C=O) groups excluding carboxylic acids is 3. The first-order chi connectivity index (χ1) is 18.5. The average molecular weight is 532 g/mol. The van der Waals surface area contributed by atoms with E-state index in [0.29, 0.717) is 44.8 Å². The highest BCUT2D eigenvalue weighted by molar-refractivity contribution is 7.98. The second-order valence-electron chi connectivity index (χ2n) is 9.03. The standard InChI is InChI=1S/C29H33N5O3S/c1-38-25-14-12-24(13-15-25)31-28(36)32-26(20-22-8-4-2-5-9-22)27(35)33-16-18-34(19-17-33)29(37)30-21-23-10-6-3-7-11-23/h2-15,26H,16-21H2,1H3,(H,30,37)(H2,31,32,36). The van der Waals surface area contributed by atoms with Crippen LogP contribution in [0.15, 0.2) is 89.8 Å². The number of rotatable bonds is 8. The maximum Gasteiger partial charge on any atom is 0.319 e. The highest BCUT2D eigenvalue weighted by Crippen LogP contribution is 2.17. The Morgan fingerprint density at radius 3 is 1.97 bits per heavy atom. The summed E-state index contributed by atoms with van der Waals surface area (Å²) in [6.45, 7) is 2.12. The van der Waals surface area contributed by atoms with Crippen LogP contribution in [0.25, 0.3) is 0 Å². The number of thioether (sulfide) groups is 1. The number of carbonyl (C=O) groups is 3. The molecule has 38 heavy (non-hydrogen) atoms. The predicted molar refractivity (Wildman–Crippen MR) is 151 cm³/mol. The minimum absolute atomic E-state index is 0.146. The number of anilines is 1. The van der Waals surface area contributed by atoms with Gasteiger partial charge >= 0.3 is 12.1 Å². The zero-order chi connectivity index (χ0) is 26.7. The normalized spacial score (nSPS) is 13.9. The van der Waals surface area contributed by atoms with Crippen LogP contribution in [0, 0.1) is 0 Å². The van der Waals surface area contributed by atoms with Gasteiger partial charge in [0, 0.05) is 49.7 Å². The maximum atomic E-state index is 13.5. The summed E-state index contributed by atoms with van der Waals surface area (Å²) in [7, 11) is 0. The van der Waals surface area contributed by atoms with Gasteiger partial charge in [-0.2, -0.15) is 0 Å². The molecule has 0 aromatic heterocycles. The van der Waals surface area contributed by atoms with Crippen molar-refractivity contribution in [2.75, 3.05) is 37.8 Å². The Morgan fingerprint density at radius 2 is 1.37 bits per heavy atom. The first-order valence-electron chi connectivity index (χ1n) is 12.6. The molecular weight excluding hydrogens is 498 g/mol. The number of nitrogens with one attached hydrogen (secondary N) is 3. The van der Waals surface area contributed by atoms with E-state index in [-0.39, 0.29) is 11.9 Å². The Labute approximate surface area is 227 Å². The molecule has 0 saturated carbocycles. The first-order valence-corrected chi connectivity index (χ1v) is 13.9. The van der Waals surface area contributed by atoms with Crippen molar-refractivity contribution in [1.29, 1.82) is 0 Å². The maximum absolute atomic E-state index is 13.5. The minimum Gasteiger partial charge on any atom is -0.337 e. The Hall–Kier alpha value is -3.98. The van der Waals surface area contributed by atoms with Crippen molar-refractivity contribution in [1.82, 2.24) is 20.4 Å². The van der Waals surface area contributed by atoms with Gasteiger partial charge < -0.3 is 25.8 Å². The van der Waals surface area contributed by atoms with Crippen molar-refractivity contribution < 1.29 is 14.4 Å². The number of amides is 5. The first kappa shape index (κ1) is 27.1. The van der Waals surface area contributed by atoms with Gasteiger partial charge in [0.25, 0.3) is 0 Å². The second kappa shape index (κ2) is 13.5. The molecule has 0 spiro atoms. The van der Waals surface area contributed by atoms with Gasteiger partial charge in [0.15, 0.2) is 0 Å². The van der Waals surface area contributed by atoms with Crippen molar-refractivity contribution in [3.05, 3.63) is 96.1 Å². The fraction of sp³-hybridized carbons (Fsp3) is 0.276. The molecule has 3 N–H and O–H groups in total. The zero-order valence-corrected chi connectivity index (χ0v) is 22.2. The van der Waals surface area contributed by atoms with Crippen LogP contribution < -0.4 is 16.0 Å². The van der Waals surface area contributed by atoms with Crippen molar-refractivity contribution in [2.45, 2.75) is 23.9 Å². The monoisotopic (exact) mass is 531 g/mol. The van der Waals surface area contributed by atoms with E-state index in [0.717, 1.165) is 16.0 Å².